The van der Waals surface area contributed by atoms with E-state index in [0.717, 1.165) is 34.3 Å². The number of benzene rings is 3. The van der Waals surface area contributed by atoms with E-state index in [0.29, 0.717) is 12.2 Å². The molecule has 3 aromatic carbocycles. The summed E-state index contributed by atoms with van der Waals surface area (Å²) in [7, 11) is 0. The maximum Gasteiger partial charge on any atom is 0.203 e. The molecular weight excluding hydrogens is 498 g/mol. The molecule has 0 amide bonds. The minimum Gasteiger partial charge on any atom is -0.306 e. The molecule has 0 unspecified atom stereocenters. The first-order valence-electron chi connectivity index (χ1n) is 12.7. The first kappa shape index (κ1) is 27.3. The molecule has 0 radical (unpaired) electrons. The molecule has 6 heteroatoms. The number of carbonyl (C=O) groups is 1. The molecule has 0 fully saturated rings. The maximum atomic E-state index is 13.8. The number of nitrogens with one attached hydrogen (secondary N) is 1. The summed E-state index contributed by atoms with van der Waals surface area (Å²) >= 11 is 1.93. The van der Waals surface area contributed by atoms with E-state index in [1.54, 1.807) is 0 Å². The number of para-hydroxylation sites is 2. The van der Waals surface area contributed by atoms with Crippen LogP contribution in [0.5, 0.6) is 0 Å². The summed E-state index contributed by atoms with van der Waals surface area (Å²) in [4.78, 5) is 15.2. The second-order valence-electron chi connectivity index (χ2n) is 11.5. The average Bonchev–Trinajstić information content (AvgIpc) is 3.09. The molecule has 1 aliphatic heterocycles. The van der Waals surface area contributed by atoms with Gasteiger partial charge in [-0.1, -0.05) is 77.1 Å². The van der Waals surface area contributed by atoms with Gasteiger partial charge in [-0.2, -0.15) is 0 Å². The van der Waals surface area contributed by atoms with E-state index in [1.807, 2.05) is 63.4 Å². The smallest absolute Gasteiger partial charge is 0.203 e. The van der Waals surface area contributed by atoms with Crippen molar-refractivity contribution in [2.45, 2.75) is 69.9 Å². The molecular formula is C31H36ClN3OS. The van der Waals surface area contributed by atoms with Gasteiger partial charge >= 0.3 is 0 Å². The Morgan fingerprint density at radius 3 is 2.24 bits per heavy atom. The van der Waals surface area contributed by atoms with Gasteiger partial charge < -0.3 is 9.13 Å². The van der Waals surface area contributed by atoms with Gasteiger partial charge in [-0.05, 0) is 64.0 Å². The zero-order valence-corrected chi connectivity index (χ0v) is 23.9. The summed E-state index contributed by atoms with van der Waals surface area (Å²) in [6.07, 6.45) is 1.10. The number of rotatable bonds is 5. The molecule has 0 spiro atoms. The third-order valence-electron chi connectivity index (χ3n) is 7.38. The molecule has 1 aromatic heterocycles. The van der Waals surface area contributed by atoms with Gasteiger partial charge in [-0.3, -0.25) is 10.2 Å². The summed E-state index contributed by atoms with van der Waals surface area (Å²) in [5, 5.41) is 9.01. The van der Waals surface area contributed by atoms with E-state index >= 15 is 0 Å². The summed E-state index contributed by atoms with van der Waals surface area (Å²) in [6.45, 7) is 12.0. The number of carbonyl (C=O) groups excluding carboxylic acids is 1. The highest BCUT2D eigenvalue weighted by Crippen LogP contribution is 2.46. The Balaban J connectivity index is 0.00000320. The number of fused-ring (bicyclic) bond motifs is 2. The SMILES string of the molecule is CC(C)(C)c1cc(C(=O)Cn2c(=N)n(Cc3ccccc3)c3ccccc32)cc2c1SCCC2(C)C.Cl. The maximum absolute atomic E-state index is 13.8. The molecule has 1 N–H and O–H groups in total. The van der Waals surface area contributed by atoms with Crippen LogP contribution >= 0.6 is 24.2 Å². The highest BCUT2D eigenvalue weighted by atomic mass is 35.5. The standard InChI is InChI=1S/C31H35N3OS.ClH/c1-30(2,3)23-17-22(18-24-28(23)36-16-15-31(24,4)5)27(35)20-34-26-14-10-9-13-25(26)33(29(34)32)19-21-11-7-6-8-12-21;/h6-14,17-18,32H,15-16,19-20H2,1-5H3;1H. The van der Waals surface area contributed by atoms with E-state index in [1.165, 1.54) is 16.0 Å². The number of aromatic nitrogens is 2. The minimum atomic E-state index is -0.0553. The fourth-order valence-corrected chi connectivity index (χ4v) is 6.99. The number of imidazole rings is 1. The highest BCUT2D eigenvalue weighted by molar-refractivity contribution is 7.99. The number of ketones is 1. The second kappa shape index (κ2) is 10.2. The largest absolute Gasteiger partial charge is 0.306 e. The van der Waals surface area contributed by atoms with Crippen molar-refractivity contribution >= 4 is 41.0 Å². The van der Waals surface area contributed by atoms with Gasteiger partial charge in [0.25, 0.3) is 0 Å². The van der Waals surface area contributed by atoms with E-state index in [-0.39, 0.29) is 35.6 Å². The van der Waals surface area contributed by atoms with Crippen molar-refractivity contribution < 1.29 is 4.79 Å². The quantitative estimate of drug-likeness (QED) is 0.273. The first-order valence-corrected chi connectivity index (χ1v) is 13.7. The van der Waals surface area contributed by atoms with Crippen LogP contribution in [-0.2, 0) is 23.9 Å². The number of halogens is 1. The molecule has 5 rings (SSSR count). The molecule has 4 nitrogen and oxygen atoms in total. The fraction of sp³-hybridized carbons (Fsp3) is 0.355. The molecule has 0 saturated heterocycles. The molecule has 2 heterocycles. The average molecular weight is 534 g/mol. The number of nitrogens with zero attached hydrogens (tertiary/aromatic N) is 2. The lowest BCUT2D eigenvalue weighted by atomic mass is 9.76. The van der Waals surface area contributed by atoms with Crippen LogP contribution in [0.25, 0.3) is 11.0 Å². The van der Waals surface area contributed by atoms with Crippen LogP contribution in [0.1, 0.15) is 68.1 Å². The van der Waals surface area contributed by atoms with Crippen LogP contribution in [0, 0.1) is 5.41 Å². The summed E-state index contributed by atoms with van der Waals surface area (Å²) in [5.41, 5.74) is 6.64. The number of thioether (sulfide) groups is 1. The number of Topliss-reactive ketones (excluding diaryl/α,β-unsaturated/α-hetero) is 1. The van der Waals surface area contributed by atoms with E-state index in [2.05, 4.69) is 58.9 Å². The molecule has 0 aliphatic carbocycles. The predicted molar refractivity (Wildman–Crippen MR) is 156 cm³/mol. The van der Waals surface area contributed by atoms with Gasteiger partial charge in [0.1, 0.15) is 0 Å². The Kier molecular flexibility index (Phi) is 7.51. The van der Waals surface area contributed by atoms with Crippen molar-refractivity contribution in [2.24, 2.45) is 0 Å². The Morgan fingerprint density at radius 2 is 1.59 bits per heavy atom. The lowest BCUT2D eigenvalue weighted by Crippen LogP contribution is -2.29. The van der Waals surface area contributed by atoms with Crippen LogP contribution in [0.3, 0.4) is 0 Å². The summed E-state index contributed by atoms with van der Waals surface area (Å²) in [6, 6.07) is 22.4. The van der Waals surface area contributed by atoms with E-state index in [9.17, 15) is 4.79 Å². The Hall–Kier alpha value is -2.76. The van der Waals surface area contributed by atoms with Crippen LogP contribution in [0.15, 0.2) is 71.6 Å². The first-order chi connectivity index (χ1) is 17.1. The minimum absolute atomic E-state index is 0. The molecule has 0 bridgehead atoms. The van der Waals surface area contributed by atoms with Crippen LogP contribution < -0.4 is 5.62 Å². The van der Waals surface area contributed by atoms with E-state index < -0.39 is 0 Å². The highest BCUT2D eigenvalue weighted by Gasteiger charge is 2.33. The van der Waals surface area contributed by atoms with Gasteiger partial charge in [-0.15, -0.1) is 24.2 Å². The third-order valence-corrected chi connectivity index (χ3v) is 8.52. The van der Waals surface area contributed by atoms with Crippen LogP contribution in [0.2, 0.25) is 0 Å². The van der Waals surface area contributed by atoms with Gasteiger partial charge in [-0.25, -0.2) is 0 Å². The molecule has 194 valence electrons. The van der Waals surface area contributed by atoms with Crippen LogP contribution in [0.4, 0.5) is 0 Å². The third kappa shape index (κ3) is 5.17. The van der Waals surface area contributed by atoms with Crippen molar-refractivity contribution in [1.82, 2.24) is 9.13 Å². The van der Waals surface area contributed by atoms with Gasteiger partial charge in [0.05, 0.1) is 24.1 Å². The molecule has 1 aliphatic rings. The molecule has 0 saturated carbocycles. The fourth-order valence-electron chi connectivity index (χ4n) is 5.16. The molecule has 4 aromatic rings. The lowest BCUT2D eigenvalue weighted by Gasteiger charge is -2.36. The van der Waals surface area contributed by atoms with Crippen molar-refractivity contribution in [2.75, 3.05) is 5.75 Å². The summed E-state index contributed by atoms with van der Waals surface area (Å²) in [5.74, 6) is 1.16. The molecule has 0 atom stereocenters. The Morgan fingerprint density at radius 1 is 0.973 bits per heavy atom. The molecule has 37 heavy (non-hydrogen) atoms. The van der Waals surface area contributed by atoms with Crippen molar-refractivity contribution in [1.29, 1.82) is 5.41 Å². The lowest BCUT2D eigenvalue weighted by molar-refractivity contribution is 0.0971. The predicted octanol–water partition coefficient (Wildman–Crippen LogP) is 7.35. The van der Waals surface area contributed by atoms with Gasteiger partial charge in [0.2, 0.25) is 5.62 Å². The Labute approximate surface area is 230 Å². The van der Waals surface area contributed by atoms with Crippen LogP contribution in [-0.4, -0.2) is 20.7 Å². The van der Waals surface area contributed by atoms with Crippen molar-refractivity contribution in [3.63, 3.8) is 0 Å². The van der Waals surface area contributed by atoms with Crippen molar-refractivity contribution in [3.05, 3.63) is 94.6 Å². The zero-order valence-electron chi connectivity index (χ0n) is 22.3. The zero-order chi connectivity index (χ0) is 25.7. The van der Waals surface area contributed by atoms with Gasteiger partial charge in [0, 0.05) is 10.5 Å². The van der Waals surface area contributed by atoms with Gasteiger partial charge in [0.15, 0.2) is 5.78 Å². The summed E-state index contributed by atoms with van der Waals surface area (Å²) < 4.78 is 3.85. The second-order valence-corrected chi connectivity index (χ2v) is 12.6. The van der Waals surface area contributed by atoms with Crippen molar-refractivity contribution in [3.8, 4) is 0 Å². The number of hydrogen-bond donors (Lipinski definition) is 1. The Bertz CT molecular complexity index is 1490. The topological polar surface area (TPSA) is 50.8 Å². The normalized spacial score (nSPS) is 14.7. The van der Waals surface area contributed by atoms with E-state index in [4.69, 9.17) is 5.41 Å². The number of hydrogen-bond acceptors (Lipinski definition) is 3. The monoisotopic (exact) mass is 533 g/mol.